The number of hydrogen-bond donors (Lipinski definition) is 2. The van der Waals surface area contributed by atoms with Crippen LogP contribution >= 0.6 is 0 Å². The Hall–Kier alpha value is -2.54. The zero-order valence-corrected chi connectivity index (χ0v) is 14.5. The van der Waals surface area contributed by atoms with Gasteiger partial charge in [0.2, 0.25) is 17.8 Å². The highest BCUT2D eigenvalue weighted by Crippen LogP contribution is 2.10. The molecule has 0 aliphatic heterocycles. The van der Waals surface area contributed by atoms with Crippen LogP contribution in [-0.4, -0.2) is 33.5 Å². The van der Waals surface area contributed by atoms with Crippen molar-refractivity contribution in [3.05, 3.63) is 41.2 Å². The Kier molecular flexibility index (Phi) is 6.20. The summed E-state index contributed by atoms with van der Waals surface area (Å²) >= 11 is 0. The summed E-state index contributed by atoms with van der Waals surface area (Å²) in [4.78, 5) is 23.6. The number of ether oxygens (including phenoxy) is 1. The molecule has 0 fully saturated rings. The Morgan fingerprint density at radius 1 is 1.17 bits per heavy atom. The van der Waals surface area contributed by atoms with Crippen molar-refractivity contribution in [1.29, 1.82) is 0 Å². The number of carbonyl (C=O) groups excluding carboxylic acids is 1. The van der Waals surface area contributed by atoms with Gasteiger partial charge in [0.1, 0.15) is 5.82 Å². The minimum absolute atomic E-state index is 0.0148. The van der Waals surface area contributed by atoms with Crippen LogP contribution in [0.15, 0.2) is 24.3 Å². The van der Waals surface area contributed by atoms with Crippen molar-refractivity contribution in [2.45, 2.75) is 40.3 Å². The van der Waals surface area contributed by atoms with Crippen LogP contribution in [0.3, 0.4) is 0 Å². The molecule has 1 aromatic carbocycles. The number of anilines is 2. The van der Waals surface area contributed by atoms with Gasteiger partial charge in [0.15, 0.2) is 0 Å². The molecule has 1 heterocycles. The first-order valence-corrected chi connectivity index (χ1v) is 7.83. The van der Waals surface area contributed by atoms with Crippen LogP contribution in [-0.2, 0) is 16.1 Å². The minimum Gasteiger partial charge on any atom is -0.375 e. The van der Waals surface area contributed by atoms with E-state index in [2.05, 4.69) is 44.6 Å². The van der Waals surface area contributed by atoms with Gasteiger partial charge in [-0.1, -0.05) is 24.3 Å². The molecule has 0 bridgehead atoms. The summed E-state index contributed by atoms with van der Waals surface area (Å²) in [7, 11) is 0. The highest BCUT2D eigenvalue weighted by Gasteiger charge is 2.09. The first-order valence-electron chi connectivity index (χ1n) is 7.83. The smallest absolute Gasteiger partial charge is 0.234 e. The summed E-state index contributed by atoms with van der Waals surface area (Å²) in [6.07, 6.45) is 0. The second-order valence-corrected chi connectivity index (χ2v) is 5.70. The van der Waals surface area contributed by atoms with Gasteiger partial charge in [-0.05, 0) is 31.9 Å². The van der Waals surface area contributed by atoms with Crippen LogP contribution in [0.2, 0.25) is 0 Å². The van der Waals surface area contributed by atoms with Crippen LogP contribution in [0.4, 0.5) is 11.9 Å². The van der Waals surface area contributed by atoms with Gasteiger partial charge in [0.05, 0.1) is 13.2 Å². The van der Waals surface area contributed by atoms with Crippen molar-refractivity contribution in [2.24, 2.45) is 0 Å². The van der Waals surface area contributed by atoms with E-state index in [9.17, 15) is 4.79 Å². The summed E-state index contributed by atoms with van der Waals surface area (Å²) < 4.78 is 5.76. The largest absolute Gasteiger partial charge is 0.375 e. The van der Waals surface area contributed by atoms with E-state index in [4.69, 9.17) is 4.74 Å². The molecule has 1 amide bonds. The Morgan fingerprint density at radius 3 is 2.58 bits per heavy atom. The highest BCUT2D eigenvalue weighted by molar-refractivity contribution is 5.86. The molecule has 2 N–H and O–H groups in total. The quantitative estimate of drug-likeness (QED) is 0.811. The summed E-state index contributed by atoms with van der Waals surface area (Å²) in [5.74, 6) is 0.967. The number of nitrogens with zero attached hydrogens (tertiary/aromatic N) is 3. The molecule has 1 atom stereocenters. The van der Waals surface area contributed by atoms with Gasteiger partial charge in [-0.2, -0.15) is 15.0 Å². The van der Waals surface area contributed by atoms with Crippen molar-refractivity contribution in [2.75, 3.05) is 17.2 Å². The molecule has 2 aromatic rings. The molecule has 0 spiro atoms. The lowest BCUT2D eigenvalue weighted by molar-refractivity contribution is -0.114. The maximum Gasteiger partial charge on any atom is 0.234 e. The molecule has 0 aliphatic rings. The van der Waals surface area contributed by atoms with E-state index >= 15 is 0 Å². The molecule has 0 radical (unpaired) electrons. The Labute approximate surface area is 141 Å². The fraction of sp³-hybridized carbons (Fsp3) is 0.412. The van der Waals surface area contributed by atoms with Gasteiger partial charge in [0, 0.05) is 13.0 Å². The van der Waals surface area contributed by atoms with E-state index in [1.807, 2.05) is 19.1 Å². The molecule has 2 rings (SSSR count). The monoisotopic (exact) mass is 329 g/mol. The number of aromatic nitrogens is 3. The minimum atomic E-state index is -0.221. The maximum absolute atomic E-state index is 11.1. The topological polar surface area (TPSA) is 89.0 Å². The van der Waals surface area contributed by atoms with Gasteiger partial charge >= 0.3 is 0 Å². The lowest BCUT2D eigenvalue weighted by atomic mass is 10.1. The molecule has 0 aliphatic carbocycles. The molecule has 7 heteroatoms. The number of carbonyl (C=O) groups is 1. The second kappa shape index (κ2) is 8.35. The average molecular weight is 329 g/mol. The normalized spacial score (nSPS) is 11.8. The summed E-state index contributed by atoms with van der Waals surface area (Å²) in [5, 5.41) is 5.72. The molecule has 24 heavy (non-hydrogen) atoms. The van der Waals surface area contributed by atoms with E-state index in [-0.39, 0.29) is 17.9 Å². The van der Waals surface area contributed by atoms with Crippen LogP contribution in [0, 0.1) is 13.8 Å². The van der Waals surface area contributed by atoms with Gasteiger partial charge in [-0.3, -0.25) is 10.1 Å². The van der Waals surface area contributed by atoms with Crippen molar-refractivity contribution in [1.82, 2.24) is 15.0 Å². The summed E-state index contributed by atoms with van der Waals surface area (Å²) in [6.45, 7) is 8.28. The number of nitrogens with one attached hydrogen (secondary N) is 2. The first-order chi connectivity index (χ1) is 11.4. The Balaban J connectivity index is 1.88. The van der Waals surface area contributed by atoms with E-state index in [0.29, 0.717) is 25.0 Å². The predicted octanol–water partition coefficient (Wildman–Crippen LogP) is 2.46. The van der Waals surface area contributed by atoms with Crippen molar-refractivity contribution in [3.8, 4) is 0 Å². The van der Waals surface area contributed by atoms with E-state index in [1.54, 1.807) is 6.92 Å². The molecule has 1 unspecified atom stereocenters. The van der Waals surface area contributed by atoms with E-state index < -0.39 is 0 Å². The molecule has 128 valence electrons. The number of hydrogen-bond acceptors (Lipinski definition) is 6. The number of rotatable bonds is 7. The number of benzene rings is 1. The van der Waals surface area contributed by atoms with Crippen LogP contribution in [0.1, 0.15) is 30.8 Å². The van der Waals surface area contributed by atoms with Crippen molar-refractivity contribution < 1.29 is 9.53 Å². The first kappa shape index (κ1) is 17.8. The third-order valence-electron chi connectivity index (χ3n) is 3.30. The van der Waals surface area contributed by atoms with Crippen molar-refractivity contribution in [3.63, 3.8) is 0 Å². The Morgan fingerprint density at radius 2 is 1.88 bits per heavy atom. The third-order valence-corrected chi connectivity index (χ3v) is 3.30. The van der Waals surface area contributed by atoms with Gasteiger partial charge < -0.3 is 10.1 Å². The fourth-order valence-corrected chi connectivity index (χ4v) is 2.14. The maximum atomic E-state index is 11.1. The standard InChI is InChI=1S/C17H23N5O2/c1-11-7-5-6-8-15(11)10-24-9-12(2)18-16-19-13(3)20-17(22-16)21-14(4)23/h5-8,12H,9-10H2,1-4H3,(H2,18,19,20,21,22,23). The van der Waals surface area contributed by atoms with E-state index in [1.165, 1.54) is 18.1 Å². The van der Waals surface area contributed by atoms with Gasteiger partial charge in [0.25, 0.3) is 0 Å². The van der Waals surface area contributed by atoms with Crippen LogP contribution < -0.4 is 10.6 Å². The fourth-order valence-electron chi connectivity index (χ4n) is 2.14. The van der Waals surface area contributed by atoms with Gasteiger partial charge in [-0.15, -0.1) is 0 Å². The summed E-state index contributed by atoms with van der Waals surface area (Å²) in [5.41, 5.74) is 2.39. The Bertz CT molecular complexity index is 705. The zero-order chi connectivity index (χ0) is 17.5. The number of aryl methyl sites for hydroxylation is 2. The number of amides is 1. The molecular formula is C17H23N5O2. The summed E-state index contributed by atoms with van der Waals surface area (Å²) in [6, 6.07) is 8.16. The van der Waals surface area contributed by atoms with Crippen LogP contribution in [0.25, 0.3) is 0 Å². The average Bonchev–Trinajstić information content (AvgIpc) is 2.47. The van der Waals surface area contributed by atoms with Gasteiger partial charge in [-0.25, -0.2) is 0 Å². The predicted molar refractivity (Wildman–Crippen MR) is 92.8 cm³/mol. The highest BCUT2D eigenvalue weighted by atomic mass is 16.5. The second-order valence-electron chi connectivity index (χ2n) is 5.70. The molecule has 7 nitrogen and oxygen atoms in total. The lowest BCUT2D eigenvalue weighted by Gasteiger charge is -2.15. The molecule has 0 saturated heterocycles. The lowest BCUT2D eigenvalue weighted by Crippen LogP contribution is -2.24. The zero-order valence-electron chi connectivity index (χ0n) is 14.5. The molecular weight excluding hydrogens is 306 g/mol. The van der Waals surface area contributed by atoms with E-state index in [0.717, 1.165) is 0 Å². The molecule has 0 saturated carbocycles. The SMILES string of the molecule is CC(=O)Nc1nc(C)nc(NC(C)COCc2ccccc2C)n1. The van der Waals surface area contributed by atoms with Crippen LogP contribution in [0.5, 0.6) is 0 Å². The molecule has 1 aromatic heterocycles. The van der Waals surface area contributed by atoms with Crippen molar-refractivity contribution >= 4 is 17.8 Å². The third kappa shape index (κ3) is 5.58.